The number of hydrogen-bond acceptors (Lipinski definition) is 3. The lowest BCUT2D eigenvalue weighted by molar-refractivity contribution is -0.384. The lowest BCUT2D eigenvalue weighted by Crippen LogP contribution is -2.05. The van der Waals surface area contributed by atoms with Crippen LogP contribution in [-0.2, 0) is 0 Å². The standard InChI is InChI=1S/C9H11NO3/c1-7(2)13-9-5-3-4-8(6-9)10(11)12/h3-7H,1-2H3. The van der Waals surface area contributed by atoms with Crippen molar-refractivity contribution in [3.05, 3.63) is 34.4 Å². The van der Waals surface area contributed by atoms with Gasteiger partial charge >= 0.3 is 0 Å². The highest BCUT2D eigenvalue weighted by Crippen LogP contribution is 2.19. The summed E-state index contributed by atoms with van der Waals surface area (Å²) >= 11 is 0. The van der Waals surface area contributed by atoms with Crippen LogP contribution in [0.2, 0.25) is 0 Å². The second-order valence-electron chi connectivity index (χ2n) is 2.92. The number of nitrogens with zero attached hydrogens (tertiary/aromatic N) is 1. The zero-order chi connectivity index (χ0) is 9.84. The van der Waals surface area contributed by atoms with Gasteiger partial charge in [-0.3, -0.25) is 10.1 Å². The van der Waals surface area contributed by atoms with Gasteiger partial charge in [-0.05, 0) is 19.9 Å². The van der Waals surface area contributed by atoms with E-state index in [4.69, 9.17) is 4.74 Å². The van der Waals surface area contributed by atoms with Gasteiger partial charge in [-0.15, -0.1) is 0 Å². The monoisotopic (exact) mass is 181 g/mol. The summed E-state index contributed by atoms with van der Waals surface area (Å²) in [5.74, 6) is 0.532. The van der Waals surface area contributed by atoms with Crippen molar-refractivity contribution >= 4 is 5.69 Å². The van der Waals surface area contributed by atoms with Crippen molar-refractivity contribution in [3.63, 3.8) is 0 Å². The minimum Gasteiger partial charge on any atom is -0.491 e. The number of non-ortho nitro benzene ring substituents is 1. The van der Waals surface area contributed by atoms with E-state index in [9.17, 15) is 10.1 Å². The summed E-state index contributed by atoms with van der Waals surface area (Å²) in [7, 11) is 0. The van der Waals surface area contributed by atoms with E-state index in [1.54, 1.807) is 12.1 Å². The molecule has 0 heterocycles. The second-order valence-corrected chi connectivity index (χ2v) is 2.92. The molecule has 1 aromatic rings. The highest BCUT2D eigenvalue weighted by atomic mass is 16.6. The molecule has 0 aliphatic carbocycles. The third-order valence-corrected chi connectivity index (χ3v) is 1.40. The average Bonchev–Trinajstić information content (AvgIpc) is 2.03. The van der Waals surface area contributed by atoms with Crippen LogP contribution in [0, 0.1) is 10.1 Å². The summed E-state index contributed by atoms with van der Waals surface area (Å²) < 4.78 is 5.30. The summed E-state index contributed by atoms with van der Waals surface area (Å²) in [6.45, 7) is 3.75. The number of nitro groups is 1. The van der Waals surface area contributed by atoms with Gasteiger partial charge in [-0.25, -0.2) is 0 Å². The zero-order valence-electron chi connectivity index (χ0n) is 7.56. The highest BCUT2D eigenvalue weighted by Gasteiger charge is 2.06. The minimum atomic E-state index is -0.437. The van der Waals surface area contributed by atoms with Crippen LogP contribution >= 0.6 is 0 Å². The Morgan fingerprint density at radius 2 is 2.15 bits per heavy atom. The van der Waals surface area contributed by atoms with Crippen LogP contribution in [0.15, 0.2) is 24.3 Å². The van der Waals surface area contributed by atoms with Crippen molar-refractivity contribution < 1.29 is 9.66 Å². The van der Waals surface area contributed by atoms with Gasteiger partial charge < -0.3 is 4.74 Å². The van der Waals surface area contributed by atoms with Crippen molar-refractivity contribution in [1.29, 1.82) is 0 Å². The highest BCUT2D eigenvalue weighted by molar-refractivity contribution is 5.37. The van der Waals surface area contributed by atoms with E-state index < -0.39 is 4.92 Å². The molecule has 0 saturated carbocycles. The van der Waals surface area contributed by atoms with Gasteiger partial charge in [0.05, 0.1) is 17.1 Å². The minimum absolute atomic E-state index is 0.0296. The van der Waals surface area contributed by atoms with Crippen LogP contribution in [0.25, 0.3) is 0 Å². The van der Waals surface area contributed by atoms with E-state index in [0.717, 1.165) is 0 Å². The molecule has 70 valence electrons. The predicted molar refractivity (Wildman–Crippen MR) is 48.9 cm³/mol. The third kappa shape index (κ3) is 2.74. The van der Waals surface area contributed by atoms with E-state index in [1.165, 1.54) is 12.1 Å². The molecule has 4 nitrogen and oxygen atoms in total. The van der Waals surface area contributed by atoms with Gasteiger partial charge in [0.2, 0.25) is 0 Å². The van der Waals surface area contributed by atoms with E-state index in [2.05, 4.69) is 0 Å². The first kappa shape index (κ1) is 9.51. The number of hydrogen-bond donors (Lipinski definition) is 0. The van der Waals surface area contributed by atoms with Gasteiger partial charge in [0.25, 0.3) is 5.69 Å². The molecule has 13 heavy (non-hydrogen) atoms. The Bertz CT molecular complexity index is 309. The third-order valence-electron chi connectivity index (χ3n) is 1.40. The van der Waals surface area contributed by atoms with E-state index in [0.29, 0.717) is 5.75 Å². The van der Waals surface area contributed by atoms with Crippen molar-refractivity contribution in [1.82, 2.24) is 0 Å². The number of nitro benzene ring substituents is 1. The summed E-state index contributed by atoms with van der Waals surface area (Å²) in [5, 5.41) is 10.4. The van der Waals surface area contributed by atoms with Gasteiger partial charge in [0.1, 0.15) is 5.75 Å². The largest absolute Gasteiger partial charge is 0.491 e. The average molecular weight is 181 g/mol. The molecule has 0 bridgehead atoms. The molecule has 0 radical (unpaired) electrons. The van der Waals surface area contributed by atoms with Crippen molar-refractivity contribution in [3.8, 4) is 5.75 Å². The smallest absolute Gasteiger partial charge is 0.273 e. The van der Waals surface area contributed by atoms with Crippen LogP contribution in [0.4, 0.5) is 5.69 Å². The van der Waals surface area contributed by atoms with Crippen LogP contribution in [-0.4, -0.2) is 11.0 Å². The van der Waals surface area contributed by atoms with Gasteiger partial charge in [-0.1, -0.05) is 6.07 Å². The molecular formula is C9H11NO3. The molecule has 0 aromatic heterocycles. The molecule has 0 unspecified atom stereocenters. The Balaban J connectivity index is 2.85. The van der Waals surface area contributed by atoms with Crippen molar-refractivity contribution in [2.75, 3.05) is 0 Å². The molecule has 1 rings (SSSR count). The fraction of sp³-hybridized carbons (Fsp3) is 0.333. The molecule has 0 atom stereocenters. The van der Waals surface area contributed by atoms with Gasteiger partial charge in [0.15, 0.2) is 0 Å². The number of benzene rings is 1. The molecule has 0 spiro atoms. The lowest BCUT2D eigenvalue weighted by Gasteiger charge is -2.08. The normalized spacial score (nSPS) is 10.1. The fourth-order valence-electron chi connectivity index (χ4n) is 0.943. The number of ether oxygens (including phenoxy) is 1. The maximum atomic E-state index is 10.4. The molecule has 0 amide bonds. The molecule has 0 fully saturated rings. The molecule has 1 aromatic carbocycles. The molecule has 0 aliphatic rings. The Morgan fingerprint density at radius 3 is 2.69 bits per heavy atom. The topological polar surface area (TPSA) is 52.4 Å². The van der Waals surface area contributed by atoms with Gasteiger partial charge in [0, 0.05) is 6.07 Å². The maximum Gasteiger partial charge on any atom is 0.273 e. The molecule has 0 N–H and O–H groups in total. The van der Waals surface area contributed by atoms with Crippen molar-refractivity contribution in [2.45, 2.75) is 20.0 Å². The first-order chi connectivity index (χ1) is 6.09. The van der Waals surface area contributed by atoms with Crippen LogP contribution in [0.1, 0.15) is 13.8 Å². The summed E-state index contributed by atoms with van der Waals surface area (Å²) in [6, 6.07) is 6.16. The SMILES string of the molecule is CC(C)Oc1cccc([N+](=O)[O-])c1. The quantitative estimate of drug-likeness (QED) is 0.531. The Morgan fingerprint density at radius 1 is 1.46 bits per heavy atom. The number of rotatable bonds is 3. The first-order valence-electron chi connectivity index (χ1n) is 4.00. The Labute approximate surface area is 76.3 Å². The summed E-state index contributed by atoms with van der Waals surface area (Å²) in [6.07, 6.45) is 0.0296. The predicted octanol–water partition coefficient (Wildman–Crippen LogP) is 2.38. The molecular weight excluding hydrogens is 170 g/mol. The zero-order valence-corrected chi connectivity index (χ0v) is 7.56. The van der Waals surface area contributed by atoms with Crippen LogP contribution < -0.4 is 4.74 Å². The molecule has 4 heteroatoms. The van der Waals surface area contributed by atoms with E-state index >= 15 is 0 Å². The first-order valence-corrected chi connectivity index (χ1v) is 4.00. The van der Waals surface area contributed by atoms with E-state index in [1.807, 2.05) is 13.8 Å². The molecule has 0 saturated heterocycles. The molecule has 0 aliphatic heterocycles. The Kier molecular flexibility index (Phi) is 2.84. The fourth-order valence-corrected chi connectivity index (χ4v) is 0.943. The summed E-state index contributed by atoms with van der Waals surface area (Å²) in [5.41, 5.74) is 0.0538. The summed E-state index contributed by atoms with van der Waals surface area (Å²) in [4.78, 5) is 9.95. The van der Waals surface area contributed by atoms with Crippen molar-refractivity contribution in [2.24, 2.45) is 0 Å². The Hall–Kier alpha value is -1.58. The second kappa shape index (κ2) is 3.89. The van der Waals surface area contributed by atoms with E-state index in [-0.39, 0.29) is 11.8 Å². The maximum absolute atomic E-state index is 10.4. The van der Waals surface area contributed by atoms with Crippen LogP contribution in [0.3, 0.4) is 0 Å². The lowest BCUT2D eigenvalue weighted by atomic mass is 10.3. The van der Waals surface area contributed by atoms with Gasteiger partial charge in [-0.2, -0.15) is 0 Å². The van der Waals surface area contributed by atoms with Crippen LogP contribution in [0.5, 0.6) is 5.75 Å².